The van der Waals surface area contributed by atoms with E-state index in [4.69, 9.17) is 5.73 Å². The van der Waals surface area contributed by atoms with Gasteiger partial charge in [-0.25, -0.2) is 0 Å². The molecule has 0 unspecified atom stereocenters. The Labute approximate surface area is 192 Å². The van der Waals surface area contributed by atoms with Gasteiger partial charge in [0.25, 0.3) is 11.8 Å². The molecule has 5 rings (SSSR count). The van der Waals surface area contributed by atoms with Crippen LogP contribution in [0.5, 0.6) is 0 Å². The molecule has 1 fully saturated rings. The zero-order valence-electron chi connectivity index (χ0n) is 18.4. The maximum absolute atomic E-state index is 13.8. The van der Waals surface area contributed by atoms with Crippen LogP contribution in [-0.4, -0.2) is 46.5 Å². The first-order chi connectivity index (χ1) is 16.0. The average molecular weight is 446 g/mol. The third-order valence-electron chi connectivity index (χ3n) is 7.38. The minimum absolute atomic E-state index is 0.0864. The van der Waals surface area contributed by atoms with Crippen molar-refractivity contribution < 1.29 is 19.2 Å². The number of rotatable bonds is 4. The van der Waals surface area contributed by atoms with Crippen molar-refractivity contribution in [1.82, 2.24) is 9.80 Å². The summed E-state index contributed by atoms with van der Waals surface area (Å²) in [5, 5.41) is 0. The lowest BCUT2D eigenvalue weighted by Gasteiger charge is -2.42. The molecule has 2 N–H and O–H groups in total. The van der Waals surface area contributed by atoms with E-state index in [1.165, 1.54) is 4.90 Å². The number of imide groups is 1. The van der Waals surface area contributed by atoms with Gasteiger partial charge in [-0.1, -0.05) is 49.2 Å². The van der Waals surface area contributed by atoms with E-state index in [9.17, 15) is 19.2 Å². The monoisotopic (exact) mass is 445 g/mol. The molecule has 2 heterocycles. The average Bonchev–Trinajstić information content (AvgIpc) is 3.08. The molecule has 7 heteroatoms. The first kappa shape index (κ1) is 21.4. The van der Waals surface area contributed by atoms with E-state index in [1.54, 1.807) is 29.2 Å². The summed E-state index contributed by atoms with van der Waals surface area (Å²) in [5.74, 6) is -2.12. The molecule has 0 bridgehead atoms. The van der Waals surface area contributed by atoms with Crippen LogP contribution in [0.4, 0.5) is 0 Å². The van der Waals surface area contributed by atoms with Crippen molar-refractivity contribution >= 4 is 23.6 Å². The lowest BCUT2D eigenvalue weighted by molar-refractivity contribution is -0.145. The number of amides is 4. The Hall–Kier alpha value is -3.48. The highest BCUT2D eigenvalue weighted by molar-refractivity contribution is 6.21. The number of nitrogens with two attached hydrogens (primary N) is 1. The van der Waals surface area contributed by atoms with Crippen LogP contribution in [0.1, 0.15) is 63.6 Å². The number of nitrogens with zero attached hydrogens (tertiary/aromatic N) is 2. The lowest BCUT2D eigenvalue weighted by atomic mass is 9.77. The number of hydrogen-bond acceptors (Lipinski definition) is 4. The van der Waals surface area contributed by atoms with E-state index < -0.39 is 23.8 Å². The van der Waals surface area contributed by atoms with Gasteiger partial charge in [-0.05, 0) is 42.5 Å². The first-order valence-corrected chi connectivity index (χ1v) is 11.6. The normalized spacial score (nSPS) is 24.4. The molecule has 0 spiro atoms. The predicted octanol–water partition coefficient (Wildman–Crippen LogP) is 2.70. The SMILES string of the molecule is NC(=O)[C@H]1CCCC[C@H]1C(=O)N1CCc2ccccc2[C@H]1CN1C(=O)c2ccccc2C1=O. The molecule has 2 aliphatic heterocycles. The highest BCUT2D eigenvalue weighted by Crippen LogP contribution is 2.38. The van der Waals surface area contributed by atoms with E-state index in [1.807, 2.05) is 24.3 Å². The second-order valence-electron chi connectivity index (χ2n) is 9.16. The standard InChI is InChI=1S/C26H27N3O4/c27-23(30)18-9-3-4-10-19(18)24(31)28-14-13-16-7-1-2-8-17(16)22(28)15-29-25(32)20-11-5-6-12-21(20)26(29)33/h1-2,5-8,11-12,18-19,22H,3-4,9-10,13-15H2,(H2,27,30)/t18-,19+,22+/m0/s1. The van der Waals surface area contributed by atoms with Crippen LogP contribution < -0.4 is 5.73 Å². The molecule has 3 aliphatic rings. The molecular formula is C26H27N3O4. The highest BCUT2D eigenvalue weighted by atomic mass is 16.2. The molecule has 4 amide bonds. The Kier molecular flexibility index (Phi) is 5.48. The van der Waals surface area contributed by atoms with Gasteiger partial charge in [-0.15, -0.1) is 0 Å². The molecule has 2 aromatic rings. The van der Waals surface area contributed by atoms with Gasteiger partial charge in [0.1, 0.15) is 0 Å². The van der Waals surface area contributed by atoms with Gasteiger partial charge in [0.2, 0.25) is 11.8 Å². The quantitative estimate of drug-likeness (QED) is 0.731. The summed E-state index contributed by atoms with van der Waals surface area (Å²) in [6, 6.07) is 14.2. The van der Waals surface area contributed by atoms with E-state index in [0.29, 0.717) is 36.9 Å². The molecule has 7 nitrogen and oxygen atoms in total. The van der Waals surface area contributed by atoms with Crippen LogP contribution in [0.25, 0.3) is 0 Å². The lowest BCUT2D eigenvalue weighted by Crippen LogP contribution is -2.50. The predicted molar refractivity (Wildman–Crippen MR) is 121 cm³/mol. The third-order valence-corrected chi connectivity index (χ3v) is 7.38. The molecule has 3 atom stereocenters. The van der Waals surface area contributed by atoms with Crippen molar-refractivity contribution in [3.05, 3.63) is 70.8 Å². The number of carbonyl (C=O) groups is 4. The van der Waals surface area contributed by atoms with Gasteiger partial charge in [-0.3, -0.25) is 24.1 Å². The van der Waals surface area contributed by atoms with Crippen LogP contribution in [0, 0.1) is 11.8 Å². The highest BCUT2D eigenvalue weighted by Gasteiger charge is 2.43. The molecule has 0 radical (unpaired) electrons. The van der Waals surface area contributed by atoms with Crippen molar-refractivity contribution in [3.8, 4) is 0 Å². The van der Waals surface area contributed by atoms with Crippen molar-refractivity contribution in [3.63, 3.8) is 0 Å². The van der Waals surface area contributed by atoms with Gasteiger partial charge in [-0.2, -0.15) is 0 Å². The number of benzene rings is 2. The smallest absolute Gasteiger partial charge is 0.261 e. The zero-order valence-corrected chi connectivity index (χ0v) is 18.4. The maximum atomic E-state index is 13.8. The first-order valence-electron chi connectivity index (χ1n) is 11.6. The van der Waals surface area contributed by atoms with Crippen molar-refractivity contribution in [2.45, 2.75) is 38.1 Å². The maximum Gasteiger partial charge on any atom is 0.261 e. The second-order valence-corrected chi connectivity index (χ2v) is 9.16. The van der Waals surface area contributed by atoms with Crippen LogP contribution in [0.2, 0.25) is 0 Å². The van der Waals surface area contributed by atoms with Gasteiger partial charge >= 0.3 is 0 Å². The fourth-order valence-electron chi connectivity index (χ4n) is 5.67. The molecule has 170 valence electrons. The zero-order chi connectivity index (χ0) is 23.1. The fourth-order valence-corrected chi connectivity index (χ4v) is 5.67. The van der Waals surface area contributed by atoms with E-state index in [0.717, 1.165) is 24.0 Å². The van der Waals surface area contributed by atoms with E-state index in [-0.39, 0.29) is 24.3 Å². The summed E-state index contributed by atoms with van der Waals surface area (Å²) < 4.78 is 0. The number of hydrogen-bond donors (Lipinski definition) is 1. The van der Waals surface area contributed by atoms with Gasteiger partial charge in [0, 0.05) is 18.4 Å². The number of primary amides is 1. The van der Waals surface area contributed by atoms with Crippen LogP contribution in [0.3, 0.4) is 0 Å². The van der Waals surface area contributed by atoms with E-state index in [2.05, 4.69) is 0 Å². The van der Waals surface area contributed by atoms with Gasteiger partial charge < -0.3 is 10.6 Å². The summed E-state index contributed by atoms with van der Waals surface area (Å²) in [6.45, 7) is 0.564. The summed E-state index contributed by atoms with van der Waals surface area (Å²) in [6.07, 6.45) is 3.71. The Morgan fingerprint density at radius 3 is 2.15 bits per heavy atom. The minimum Gasteiger partial charge on any atom is -0.369 e. The summed E-state index contributed by atoms with van der Waals surface area (Å²) >= 11 is 0. The fraction of sp³-hybridized carbons (Fsp3) is 0.385. The molecular weight excluding hydrogens is 418 g/mol. The Balaban J connectivity index is 1.48. The van der Waals surface area contributed by atoms with Gasteiger partial charge in [0.05, 0.1) is 23.7 Å². The van der Waals surface area contributed by atoms with Crippen LogP contribution in [0.15, 0.2) is 48.5 Å². The Bertz CT molecular complexity index is 1110. The third kappa shape index (κ3) is 3.61. The van der Waals surface area contributed by atoms with Crippen LogP contribution in [-0.2, 0) is 16.0 Å². The van der Waals surface area contributed by atoms with Gasteiger partial charge in [0.15, 0.2) is 0 Å². The summed E-state index contributed by atoms with van der Waals surface area (Å²) in [5.41, 5.74) is 8.49. The topological polar surface area (TPSA) is 101 Å². The number of carbonyl (C=O) groups excluding carboxylic acids is 4. The minimum atomic E-state index is -0.469. The van der Waals surface area contributed by atoms with Crippen molar-refractivity contribution in [1.29, 1.82) is 0 Å². The Morgan fingerprint density at radius 1 is 0.879 bits per heavy atom. The van der Waals surface area contributed by atoms with Crippen molar-refractivity contribution in [2.75, 3.05) is 13.1 Å². The molecule has 1 aliphatic carbocycles. The van der Waals surface area contributed by atoms with Crippen molar-refractivity contribution in [2.24, 2.45) is 17.6 Å². The molecule has 33 heavy (non-hydrogen) atoms. The Morgan fingerprint density at radius 2 is 1.48 bits per heavy atom. The number of fused-ring (bicyclic) bond motifs is 2. The van der Waals surface area contributed by atoms with Crippen LogP contribution >= 0.6 is 0 Å². The summed E-state index contributed by atoms with van der Waals surface area (Å²) in [4.78, 5) is 55.0. The summed E-state index contributed by atoms with van der Waals surface area (Å²) in [7, 11) is 0. The van der Waals surface area contributed by atoms with E-state index >= 15 is 0 Å². The molecule has 0 saturated heterocycles. The molecule has 0 aromatic heterocycles. The largest absolute Gasteiger partial charge is 0.369 e. The molecule has 1 saturated carbocycles. The molecule has 2 aromatic carbocycles. The second kappa shape index (κ2) is 8.46.